The molecule has 1 N–H and O–H groups in total. The molecule has 3 heteroatoms. The maximum atomic E-state index is 12.8. The summed E-state index contributed by atoms with van der Waals surface area (Å²) < 4.78 is 0. The van der Waals surface area contributed by atoms with E-state index < -0.39 is 0 Å². The number of nitrogens with zero attached hydrogens (tertiary/aromatic N) is 1. The highest BCUT2D eigenvalue weighted by atomic mass is 16.3. The molecule has 0 aliphatic heterocycles. The van der Waals surface area contributed by atoms with Crippen LogP contribution in [0.15, 0.2) is 24.3 Å². The molecular formula is C16H23NO2. The van der Waals surface area contributed by atoms with Crippen LogP contribution in [0.25, 0.3) is 0 Å². The average molecular weight is 261 g/mol. The minimum Gasteiger partial charge on any atom is -0.508 e. The van der Waals surface area contributed by atoms with Gasteiger partial charge in [0.2, 0.25) is 5.91 Å². The first kappa shape index (κ1) is 13.9. The zero-order valence-corrected chi connectivity index (χ0v) is 12.0. The second kappa shape index (κ2) is 5.24. The van der Waals surface area contributed by atoms with E-state index in [0.717, 1.165) is 31.5 Å². The van der Waals surface area contributed by atoms with Gasteiger partial charge < -0.3 is 10.0 Å². The number of phenols is 1. The molecule has 1 aromatic rings. The number of carbonyl (C=O) groups is 1. The normalized spacial score (nSPS) is 25.1. The van der Waals surface area contributed by atoms with E-state index in [1.165, 1.54) is 0 Å². The van der Waals surface area contributed by atoms with Crippen molar-refractivity contribution >= 4 is 5.91 Å². The Labute approximate surface area is 115 Å². The fraction of sp³-hybridized carbons (Fsp3) is 0.562. The van der Waals surface area contributed by atoms with Gasteiger partial charge >= 0.3 is 0 Å². The van der Waals surface area contributed by atoms with Crippen LogP contribution in [0.5, 0.6) is 5.75 Å². The lowest BCUT2D eigenvalue weighted by Crippen LogP contribution is -2.40. The summed E-state index contributed by atoms with van der Waals surface area (Å²) >= 11 is 0. The Bertz CT molecular complexity index is 450. The molecule has 0 unspecified atom stereocenters. The number of aromatic hydroxyl groups is 1. The van der Waals surface area contributed by atoms with Gasteiger partial charge in [-0.1, -0.05) is 25.5 Å². The summed E-state index contributed by atoms with van der Waals surface area (Å²) in [5.74, 6) is 0.933. The van der Waals surface area contributed by atoms with Gasteiger partial charge in [0.25, 0.3) is 0 Å². The Morgan fingerprint density at radius 1 is 1.26 bits per heavy atom. The van der Waals surface area contributed by atoms with E-state index in [1.54, 1.807) is 12.1 Å². The molecule has 0 spiro atoms. The van der Waals surface area contributed by atoms with Crippen molar-refractivity contribution in [2.45, 2.75) is 39.0 Å². The molecule has 3 nitrogen and oxygen atoms in total. The van der Waals surface area contributed by atoms with Crippen molar-refractivity contribution in [2.24, 2.45) is 5.92 Å². The van der Waals surface area contributed by atoms with Crippen LogP contribution in [-0.2, 0) is 10.2 Å². The van der Waals surface area contributed by atoms with Crippen LogP contribution < -0.4 is 0 Å². The van der Waals surface area contributed by atoms with Crippen LogP contribution in [0, 0.1) is 5.92 Å². The smallest absolute Gasteiger partial charge is 0.233 e. The second-order valence-corrected chi connectivity index (χ2v) is 5.30. The van der Waals surface area contributed by atoms with Gasteiger partial charge in [-0.05, 0) is 43.9 Å². The lowest BCUT2D eigenvalue weighted by atomic mass is 9.90. The van der Waals surface area contributed by atoms with Crippen LogP contribution >= 0.6 is 0 Å². The van der Waals surface area contributed by atoms with Gasteiger partial charge in [-0.3, -0.25) is 4.79 Å². The average Bonchev–Trinajstić information content (AvgIpc) is 3.16. The number of hydrogen-bond donors (Lipinski definition) is 1. The zero-order valence-electron chi connectivity index (χ0n) is 12.0. The molecule has 0 aromatic heterocycles. The number of amides is 1. The number of likely N-dealkylation sites (N-methyl/N-ethyl adjacent to an activating group) is 1. The summed E-state index contributed by atoms with van der Waals surface area (Å²) in [6.45, 7) is 7.70. The molecule has 0 bridgehead atoms. The summed E-state index contributed by atoms with van der Waals surface area (Å²) in [6, 6.07) is 7.15. The molecule has 1 aromatic carbocycles. The Kier molecular flexibility index (Phi) is 3.83. The highest BCUT2D eigenvalue weighted by molar-refractivity contribution is 5.92. The molecule has 1 aliphatic rings. The van der Waals surface area contributed by atoms with Crippen molar-refractivity contribution in [2.75, 3.05) is 13.1 Å². The molecule has 2 atom stereocenters. The molecular weight excluding hydrogens is 238 g/mol. The number of hydrogen-bond acceptors (Lipinski definition) is 2. The monoisotopic (exact) mass is 261 g/mol. The first-order valence-corrected chi connectivity index (χ1v) is 7.19. The maximum absolute atomic E-state index is 12.8. The lowest BCUT2D eigenvalue weighted by Gasteiger charge is -2.26. The molecule has 1 saturated carbocycles. The quantitative estimate of drug-likeness (QED) is 0.885. The summed E-state index contributed by atoms with van der Waals surface area (Å²) in [6.07, 6.45) is 1.96. The van der Waals surface area contributed by atoms with Gasteiger partial charge in [-0.15, -0.1) is 0 Å². The van der Waals surface area contributed by atoms with Crippen molar-refractivity contribution in [3.05, 3.63) is 29.8 Å². The molecule has 1 amide bonds. The fourth-order valence-electron chi connectivity index (χ4n) is 3.11. The molecule has 1 fully saturated rings. The van der Waals surface area contributed by atoms with Crippen LogP contribution in [0.2, 0.25) is 0 Å². The van der Waals surface area contributed by atoms with Crippen LogP contribution in [0.4, 0.5) is 0 Å². The van der Waals surface area contributed by atoms with Crippen molar-refractivity contribution in [3.8, 4) is 5.75 Å². The Morgan fingerprint density at radius 2 is 1.84 bits per heavy atom. The SMILES string of the molecule is CC[C@@H]1C[C@@]1(C(=O)N(CC)CC)c1ccc(O)cc1. The van der Waals surface area contributed by atoms with Gasteiger partial charge in [-0.25, -0.2) is 0 Å². The third kappa shape index (κ3) is 2.22. The summed E-state index contributed by atoms with van der Waals surface area (Å²) in [7, 11) is 0. The van der Waals surface area contributed by atoms with E-state index in [9.17, 15) is 9.90 Å². The number of benzene rings is 1. The number of phenolic OH excluding ortho intramolecular Hbond substituents is 1. The largest absolute Gasteiger partial charge is 0.508 e. The van der Waals surface area contributed by atoms with E-state index in [0.29, 0.717) is 5.92 Å². The third-order valence-corrected chi connectivity index (χ3v) is 4.41. The molecule has 0 radical (unpaired) electrons. The van der Waals surface area contributed by atoms with Crippen LogP contribution in [-0.4, -0.2) is 29.0 Å². The molecule has 0 saturated heterocycles. The second-order valence-electron chi connectivity index (χ2n) is 5.30. The minimum atomic E-state index is -0.339. The number of rotatable bonds is 5. The van der Waals surface area contributed by atoms with Crippen molar-refractivity contribution in [3.63, 3.8) is 0 Å². The maximum Gasteiger partial charge on any atom is 0.233 e. The van der Waals surface area contributed by atoms with Crippen molar-refractivity contribution < 1.29 is 9.90 Å². The Morgan fingerprint density at radius 3 is 2.26 bits per heavy atom. The topological polar surface area (TPSA) is 40.5 Å². The zero-order chi connectivity index (χ0) is 14.0. The van der Waals surface area contributed by atoms with Crippen molar-refractivity contribution in [1.82, 2.24) is 4.90 Å². The van der Waals surface area contributed by atoms with Crippen molar-refractivity contribution in [1.29, 1.82) is 0 Å². The van der Waals surface area contributed by atoms with Crippen LogP contribution in [0.1, 0.15) is 39.2 Å². The highest BCUT2D eigenvalue weighted by Crippen LogP contribution is 2.57. The summed E-state index contributed by atoms with van der Waals surface area (Å²) in [4.78, 5) is 14.7. The molecule has 0 heterocycles. The predicted octanol–water partition coefficient (Wildman–Crippen LogP) is 2.93. The Balaban J connectivity index is 2.34. The molecule has 104 valence electrons. The van der Waals surface area contributed by atoms with E-state index in [2.05, 4.69) is 6.92 Å². The number of carbonyl (C=O) groups excluding carboxylic acids is 1. The standard InChI is InChI=1S/C16H23NO2/c1-4-12-11-16(12,15(19)17(5-2)6-3)13-7-9-14(18)10-8-13/h7-10,12,18H,4-6,11H2,1-3H3/t12-,16+/m1/s1. The van der Waals surface area contributed by atoms with E-state index in [1.807, 2.05) is 30.9 Å². The molecule has 2 rings (SSSR count). The van der Waals surface area contributed by atoms with Gasteiger partial charge in [0.15, 0.2) is 0 Å². The van der Waals surface area contributed by atoms with E-state index in [-0.39, 0.29) is 17.1 Å². The summed E-state index contributed by atoms with van der Waals surface area (Å²) in [5.41, 5.74) is 0.711. The Hall–Kier alpha value is -1.51. The van der Waals surface area contributed by atoms with Gasteiger partial charge in [0.1, 0.15) is 5.75 Å². The van der Waals surface area contributed by atoms with E-state index >= 15 is 0 Å². The predicted molar refractivity (Wildman–Crippen MR) is 76.1 cm³/mol. The van der Waals surface area contributed by atoms with Gasteiger partial charge in [0.05, 0.1) is 5.41 Å². The van der Waals surface area contributed by atoms with Gasteiger partial charge in [0, 0.05) is 13.1 Å². The lowest BCUT2D eigenvalue weighted by molar-refractivity contribution is -0.134. The highest BCUT2D eigenvalue weighted by Gasteiger charge is 2.60. The summed E-state index contributed by atoms with van der Waals surface area (Å²) in [5, 5.41) is 9.41. The first-order valence-electron chi connectivity index (χ1n) is 7.19. The minimum absolute atomic E-state index is 0.245. The third-order valence-electron chi connectivity index (χ3n) is 4.41. The van der Waals surface area contributed by atoms with E-state index in [4.69, 9.17) is 0 Å². The fourth-order valence-corrected chi connectivity index (χ4v) is 3.11. The molecule has 1 aliphatic carbocycles. The first-order chi connectivity index (χ1) is 9.09. The molecule has 19 heavy (non-hydrogen) atoms. The van der Waals surface area contributed by atoms with Gasteiger partial charge in [-0.2, -0.15) is 0 Å². The van der Waals surface area contributed by atoms with Crippen LogP contribution in [0.3, 0.4) is 0 Å².